The molecule has 196 valence electrons. The van der Waals surface area contributed by atoms with Crippen molar-refractivity contribution >= 4 is 27.5 Å². The van der Waals surface area contributed by atoms with Gasteiger partial charge in [0.2, 0.25) is 21.8 Å². The number of aryl methyl sites for hydroxylation is 1. The molecule has 3 rings (SSSR count). The highest BCUT2D eigenvalue weighted by Crippen LogP contribution is 2.22. The third-order valence-corrected chi connectivity index (χ3v) is 7.03. The molecule has 37 heavy (non-hydrogen) atoms. The Morgan fingerprint density at radius 1 is 0.973 bits per heavy atom. The van der Waals surface area contributed by atoms with Crippen LogP contribution in [0.25, 0.3) is 0 Å². The molecule has 9 heteroatoms. The number of hydrogen-bond donors (Lipinski definition) is 1. The van der Waals surface area contributed by atoms with Crippen LogP contribution in [0, 0.1) is 12.7 Å². The molecule has 0 aliphatic rings. The molecule has 0 unspecified atom stereocenters. The van der Waals surface area contributed by atoms with Gasteiger partial charge in [-0.15, -0.1) is 0 Å². The summed E-state index contributed by atoms with van der Waals surface area (Å²) in [4.78, 5) is 28.3. The normalized spacial score (nSPS) is 12.0. The highest BCUT2D eigenvalue weighted by molar-refractivity contribution is 7.92. The van der Waals surface area contributed by atoms with Gasteiger partial charge in [-0.2, -0.15) is 0 Å². The number of rotatable bonds is 11. The van der Waals surface area contributed by atoms with Crippen LogP contribution in [-0.4, -0.2) is 50.5 Å². The van der Waals surface area contributed by atoms with Crippen LogP contribution in [-0.2, 0) is 32.6 Å². The van der Waals surface area contributed by atoms with E-state index >= 15 is 0 Å². The van der Waals surface area contributed by atoms with Gasteiger partial charge >= 0.3 is 0 Å². The van der Waals surface area contributed by atoms with E-state index < -0.39 is 40.2 Å². The standard InChI is InChI=1S/C28H32FN3O4S/c1-4-30-28(34)26(18-22-12-6-5-7-13-22)31(19-23-14-8-9-16-25(23)29)27(33)20-32(37(3,35)36)24-15-10-11-21(2)17-24/h5-17,26H,4,18-20H2,1-3H3,(H,30,34)/t26-/m0/s1. The summed E-state index contributed by atoms with van der Waals surface area (Å²) in [5, 5.41) is 2.77. The van der Waals surface area contributed by atoms with E-state index in [1.165, 1.54) is 11.0 Å². The zero-order valence-electron chi connectivity index (χ0n) is 21.2. The number of halogens is 1. The number of sulfonamides is 1. The first-order valence-corrected chi connectivity index (χ1v) is 13.8. The van der Waals surface area contributed by atoms with Crippen molar-refractivity contribution in [3.8, 4) is 0 Å². The first-order valence-electron chi connectivity index (χ1n) is 12.0. The molecule has 0 radical (unpaired) electrons. The number of amides is 2. The molecule has 0 saturated carbocycles. The quantitative estimate of drug-likeness (QED) is 0.414. The van der Waals surface area contributed by atoms with Crippen molar-refractivity contribution in [2.24, 2.45) is 0 Å². The van der Waals surface area contributed by atoms with Crippen LogP contribution in [0.15, 0.2) is 78.9 Å². The highest BCUT2D eigenvalue weighted by Gasteiger charge is 2.33. The lowest BCUT2D eigenvalue weighted by molar-refractivity contribution is -0.140. The molecule has 0 heterocycles. The van der Waals surface area contributed by atoms with Crippen molar-refractivity contribution in [2.75, 3.05) is 23.7 Å². The van der Waals surface area contributed by atoms with Gasteiger partial charge in [-0.25, -0.2) is 12.8 Å². The van der Waals surface area contributed by atoms with Crippen molar-refractivity contribution in [1.82, 2.24) is 10.2 Å². The Hall–Kier alpha value is -3.72. The summed E-state index contributed by atoms with van der Waals surface area (Å²) in [5.41, 5.74) is 2.19. The Kier molecular flexibility index (Phi) is 9.41. The lowest BCUT2D eigenvalue weighted by Crippen LogP contribution is -2.53. The van der Waals surface area contributed by atoms with E-state index in [2.05, 4.69) is 5.32 Å². The van der Waals surface area contributed by atoms with Gasteiger partial charge in [0.05, 0.1) is 11.9 Å². The summed E-state index contributed by atoms with van der Waals surface area (Å²) >= 11 is 0. The maximum absolute atomic E-state index is 14.7. The molecule has 0 saturated heterocycles. The largest absolute Gasteiger partial charge is 0.355 e. The lowest BCUT2D eigenvalue weighted by atomic mass is 10.0. The molecule has 0 aromatic heterocycles. The van der Waals surface area contributed by atoms with Crippen LogP contribution in [0.3, 0.4) is 0 Å². The van der Waals surface area contributed by atoms with Gasteiger partial charge in [-0.05, 0) is 43.2 Å². The van der Waals surface area contributed by atoms with Gasteiger partial charge in [-0.3, -0.25) is 13.9 Å². The number of carbonyl (C=O) groups excluding carboxylic acids is 2. The number of hydrogen-bond acceptors (Lipinski definition) is 4. The Morgan fingerprint density at radius 3 is 2.27 bits per heavy atom. The SMILES string of the molecule is CCNC(=O)[C@H](Cc1ccccc1)N(Cc1ccccc1F)C(=O)CN(c1cccc(C)c1)S(C)(=O)=O. The van der Waals surface area contributed by atoms with E-state index in [-0.39, 0.29) is 18.5 Å². The molecular formula is C28H32FN3O4S. The third kappa shape index (κ3) is 7.63. The average Bonchev–Trinajstić information content (AvgIpc) is 2.85. The van der Waals surface area contributed by atoms with Crippen molar-refractivity contribution in [1.29, 1.82) is 0 Å². The van der Waals surface area contributed by atoms with Gasteiger partial charge in [0.1, 0.15) is 18.4 Å². The number of anilines is 1. The molecule has 0 aliphatic carbocycles. The van der Waals surface area contributed by atoms with E-state index in [4.69, 9.17) is 0 Å². The van der Waals surface area contributed by atoms with Crippen LogP contribution >= 0.6 is 0 Å². The minimum absolute atomic E-state index is 0.177. The van der Waals surface area contributed by atoms with Crippen LogP contribution in [0.2, 0.25) is 0 Å². The number of benzene rings is 3. The first kappa shape index (κ1) is 27.9. The number of carbonyl (C=O) groups is 2. The van der Waals surface area contributed by atoms with Gasteiger partial charge in [0.15, 0.2) is 0 Å². The number of likely N-dealkylation sites (N-methyl/N-ethyl adjacent to an activating group) is 1. The van der Waals surface area contributed by atoms with Crippen LogP contribution in [0.1, 0.15) is 23.6 Å². The Balaban J connectivity index is 2.05. The molecule has 0 fully saturated rings. The lowest BCUT2D eigenvalue weighted by Gasteiger charge is -2.33. The fraction of sp³-hybridized carbons (Fsp3) is 0.286. The minimum Gasteiger partial charge on any atom is -0.355 e. The smallest absolute Gasteiger partial charge is 0.244 e. The molecule has 0 spiro atoms. The van der Waals surface area contributed by atoms with Crippen LogP contribution < -0.4 is 9.62 Å². The van der Waals surface area contributed by atoms with Crippen LogP contribution in [0.5, 0.6) is 0 Å². The summed E-state index contributed by atoms with van der Waals surface area (Å²) < 4.78 is 41.1. The Morgan fingerprint density at radius 2 is 1.65 bits per heavy atom. The van der Waals surface area contributed by atoms with Gasteiger partial charge in [-0.1, -0.05) is 60.7 Å². The van der Waals surface area contributed by atoms with Crippen molar-refractivity contribution < 1.29 is 22.4 Å². The fourth-order valence-corrected chi connectivity index (χ4v) is 4.89. The molecule has 7 nitrogen and oxygen atoms in total. The van der Waals surface area contributed by atoms with Gasteiger partial charge in [0, 0.05) is 25.1 Å². The molecule has 0 aliphatic heterocycles. The number of nitrogens with one attached hydrogen (secondary N) is 1. The second-order valence-corrected chi connectivity index (χ2v) is 10.7. The predicted octanol–water partition coefficient (Wildman–Crippen LogP) is 3.68. The summed E-state index contributed by atoms with van der Waals surface area (Å²) in [7, 11) is -3.85. The third-order valence-electron chi connectivity index (χ3n) is 5.89. The Labute approximate surface area is 218 Å². The molecule has 3 aromatic rings. The monoisotopic (exact) mass is 525 g/mol. The first-order chi connectivity index (χ1) is 17.6. The van der Waals surface area contributed by atoms with E-state index in [1.807, 2.05) is 43.3 Å². The zero-order valence-corrected chi connectivity index (χ0v) is 22.0. The van der Waals surface area contributed by atoms with Crippen molar-refractivity contribution in [2.45, 2.75) is 32.9 Å². The Bertz CT molecular complexity index is 1330. The molecule has 2 amide bonds. The predicted molar refractivity (Wildman–Crippen MR) is 143 cm³/mol. The van der Waals surface area contributed by atoms with E-state index in [9.17, 15) is 22.4 Å². The van der Waals surface area contributed by atoms with Crippen molar-refractivity contribution in [3.63, 3.8) is 0 Å². The topological polar surface area (TPSA) is 86.8 Å². The molecule has 0 bridgehead atoms. The molecule has 3 aromatic carbocycles. The fourth-order valence-electron chi connectivity index (χ4n) is 4.05. The van der Waals surface area contributed by atoms with E-state index in [1.54, 1.807) is 43.3 Å². The summed E-state index contributed by atoms with van der Waals surface area (Å²) in [6.07, 6.45) is 1.20. The van der Waals surface area contributed by atoms with Gasteiger partial charge < -0.3 is 10.2 Å². The molecule has 1 N–H and O–H groups in total. The van der Waals surface area contributed by atoms with Gasteiger partial charge in [0.25, 0.3) is 0 Å². The second-order valence-electron chi connectivity index (χ2n) is 8.82. The average molecular weight is 526 g/mol. The summed E-state index contributed by atoms with van der Waals surface area (Å²) in [5.74, 6) is -1.55. The molecular weight excluding hydrogens is 493 g/mol. The van der Waals surface area contributed by atoms with Crippen LogP contribution in [0.4, 0.5) is 10.1 Å². The van der Waals surface area contributed by atoms with Crippen molar-refractivity contribution in [3.05, 3.63) is 101 Å². The maximum Gasteiger partial charge on any atom is 0.244 e. The second kappa shape index (κ2) is 12.5. The zero-order chi connectivity index (χ0) is 27.0. The minimum atomic E-state index is -3.85. The molecule has 1 atom stereocenters. The highest BCUT2D eigenvalue weighted by atomic mass is 32.2. The summed E-state index contributed by atoms with van der Waals surface area (Å²) in [6.45, 7) is 3.18. The van der Waals surface area contributed by atoms with E-state index in [0.717, 1.165) is 21.7 Å². The van der Waals surface area contributed by atoms with E-state index in [0.29, 0.717) is 12.2 Å². The number of nitrogens with zero attached hydrogens (tertiary/aromatic N) is 2. The summed E-state index contributed by atoms with van der Waals surface area (Å²) in [6, 6.07) is 21.0. The maximum atomic E-state index is 14.7.